The van der Waals surface area contributed by atoms with Crippen LogP contribution in [0.1, 0.15) is 41.6 Å². The van der Waals surface area contributed by atoms with E-state index in [2.05, 4.69) is 59.9 Å². The number of rotatable bonds is 5. The lowest BCUT2D eigenvalue weighted by atomic mass is 9.98. The number of aryl methyl sites for hydroxylation is 2. The van der Waals surface area contributed by atoms with Crippen molar-refractivity contribution in [1.29, 1.82) is 0 Å². The topological polar surface area (TPSA) is 37.8 Å². The minimum Gasteiger partial charge on any atom is -0.306 e. The Morgan fingerprint density at radius 2 is 2.06 bits per heavy atom. The maximum atomic E-state index is 4.22. The van der Waals surface area contributed by atoms with Gasteiger partial charge < -0.3 is 5.32 Å². The molecule has 0 aliphatic rings. The Labute approximate surface area is 112 Å². The van der Waals surface area contributed by atoms with E-state index in [0.717, 1.165) is 18.7 Å². The zero-order valence-corrected chi connectivity index (χ0v) is 11.9. The van der Waals surface area contributed by atoms with Gasteiger partial charge in [0.2, 0.25) is 0 Å². The van der Waals surface area contributed by atoms with Crippen LogP contribution >= 0.6 is 11.5 Å². The fourth-order valence-electron chi connectivity index (χ4n) is 2.14. The second kappa shape index (κ2) is 6.07. The van der Waals surface area contributed by atoms with Crippen molar-refractivity contribution >= 4 is 11.5 Å². The number of aromatic nitrogens is 2. The molecule has 0 saturated heterocycles. The van der Waals surface area contributed by atoms with Crippen LogP contribution in [0.4, 0.5) is 0 Å². The Kier molecular flexibility index (Phi) is 4.44. The monoisotopic (exact) mass is 261 g/mol. The van der Waals surface area contributed by atoms with Crippen molar-refractivity contribution in [2.45, 2.75) is 33.2 Å². The van der Waals surface area contributed by atoms with Crippen LogP contribution in [0, 0.1) is 6.92 Å². The van der Waals surface area contributed by atoms with E-state index in [0.29, 0.717) is 0 Å². The average molecular weight is 261 g/mol. The number of hydrogen-bond acceptors (Lipinski definition) is 4. The maximum absolute atomic E-state index is 4.22. The van der Waals surface area contributed by atoms with Crippen molar-refractivity contribution in [3.05, 3.63) is 46.0 Å². The third-order valence-corrected chi connectivity index (χ3v) is 3.92. The van der Waals surface area contributed by atoms with Gasteiger partial charge in [-0.05, 0) is 42.5 Å². The van der Waals surface area contributed by atoms with E-state index in [1.54, 1.807) is 0 Å². The molecule has 4 heteroatoms. The summed E-state index contributed by atoms with van der Waals surface area (Å²) in [5.41, 5.74) is 3.73. The Hall–Kier alpha value is -1.26. The van der Waals surface area contributed by atoms with Crippen LogP contribution in [0.2, 0.25) is 0 Å². The minimum absolute atomic E-state index is 0.214. The van der Waals surface area contributed by atoms with E-state index >= 15 is 0 Å². The molecule has 2 aromatic rings. The van der Waals surface area contributed by atoms with Crippen molar-refractivity contribution in [1.82, 2.24) is 14.9 Å². The Balaban J connectivity index is 2.43. The molecule has 96 valence electrons. The van der Waals surface area contributed by atoms with E-state index < -0.39 is 0 Å². The first-order valence-electron chi connectivity index (χ1n) is 6.38. The Bertz CT molecular complexity index is 507. The summed E-state index contributed by atoms with van der Waals surface area (Å²) in [4.78, 5) is 1.24. The molecule has 0 spiro atoms. The minimum atomic E-state index is 0.214. The van der Waals surface area contributed by atoms with Crippen LogP contribution in [-0.4, -0.2) is 16.1 Å². The molecule has 0 bridgehead atoms. The lowest BCUT2D eigenvalue weighted by Gasteiger charge is -2.19. The van der Waals surface area contributed by atoms with E-state index in [1.165, 1.54) is 27.5 Å². The molecule has 0 amide bonds. The maximum Gasteiger partial charge on any atom is 0.0804 e. The summed E-state index contributed by atoms with van der Waals surface area (Å²) < 4.78 is 4.10. The lowest BCUT2D eigenvalue weighted by Crippen LogP contribution is -2.22. The highest BCUT2D eigenvalue weighted by atomic mass is 32.1. The molecular formula is C14H19N3S. The number of nitrogens with zero attached hydrogens (tertiary/aromatic N) is 2. The van der Waals surface area contributed by atoms with E-state index in [9.17, 15) is 0 Å². The van der Waals surface area contributed by atoms with Crippen molar-refractivity contribution in [3.63, 3.8) is 0 Å². The molecule has 1 aromatic carbocycles. The second-order valence-electron chi connectivity index (χ2n) is 4.28. The third kappa shape index (κ3) is 2.60. The number of nitrogens with one attached hydrogen (secondary N) is 1. The van der Waals surface area contributed by atoms with Gasteiger partial charge in [0.25, 0.3) is 0 Å². The molecule has 1 heterocycles. The van der Waals surface area contributed by atoms with Gasteiger partial charge in [0, 0.05) is 0 Å². The van der Waals surface area contributed by atoms with Gasteiger partial charge in [-0.15, -0.1) is 5.10 Å². The predicted octanol–water partition coefficient (Wildman–Crippen LogP) is 3.11. The van der Waals surface area contributed by atoms with Gasteiger partial charge in [-0.2, -0.15) is 0 Å². The Morgan fingerprint density at radius 1 is 1.28 bits per heavy atom. The highest BCUT2D eigenvalue weighted by Gasteiger charge is 2.20. The van der Waals surface area contributed by atoms with Gasteiger partial charge in [-0.25, -0.2) is 0 Å². The molecule has 0 aliphatic carbocycles. The lowest BCUT2D eigenvalue weighted by molar-refractivity contribution is 0.630. The summed E-state index contributed by atoms with van der Waals surface area (Å²) in [6.45, 7) is 7.34. The molecule has 18 heavy (non-hydrogen) atoms. The van der Waals surface area contributed by atoms with E-state index in [-0.39, 0.29) is 6.04 Å². The van der Waals surface area contributed by atoms with Gasteiger partial charge >= 0.3 is 0 Å². The smallest absolute Gasteiger partial charge is 0.0804 e. The summed E-state index contributed by atoms with van der Waals surface area (Å²) in [7, 11) is 0. The highest BCUT2D eigenvalue weighted by Crippen LogP contribution is 2.29. The molecule has 0 fully saturated rings. The van der Waals surface area contributed by atoms with Gasteiger partial charge in [-0.3, -0.25) is 0 Å². The number of benzene rings is 1. The highest BCUT2D eigenvalue weighted by molar-refractivity contribution is 7.05. The molecule has 0 radical (unpaired) electrons. The summed E-state index contributed by atoms with van der Waals surface area (Å²) in [5, 5.41) is 7.77. The van der Waals surface area contributed by atoms with Crippen molar-refractivity contribution < 1.29 is 0 Å². The molecule has 3 nitrogen and oxygen atoms in total. The SMILES string of the molecule is CCNC(c1ccccc1C)c1snnc1CC. The van der Waals surface area contributed by atoms with Gasteiger partial charge in [0.1, 0.15) is 0 Å². The summed E-state index contributed by atoms with van der Waals surface area (Å²) in [6.07, 6.45) is 0.930. The van der Waals surface area contributed by atoms with Crippen LogP contribution < -0.4 is 5.32 Å². The van der Waals surface area contributed by atoms with E-state index in [4.69, 9.17) is 0 Å². The van der Waals surface area contributed by atoms with Crippen molar-refractivity contribution in [2.24, 2.45) is 0 Å². The van der Waals surface area contributed by atoms with Gasteiger partial charge in [0.05, 0.1) is 16.6 Å². The first kappa shape index (κ1) is 13.2. The molecule has 0 saturated carbocycles. The van der Waals surface area contributed by atoms with Gasteiger partial charge in [0.15, 0.2) is 0 Å². The molecule has 1 atom stereocenters. The zero-order chi connectivity index (χ0) is 13.0. The second-order valence-corrected chi connectivity index (χ2v) is 5.07. The standard InChI is InChI=1S/C14H19N3S/c1-4-12-14(18-17-16-12)13(15-5-2)11-9-7-6-8-10(11)3/h6-9,13,15H,4-5H2,1-3H3. The number of hydrogen-bond donors (Lipinski definition) is 1. The van der Waals surface area contributed by atoms with E-state index in [1.807, 2.05) is 0 Å². The summed E-state index contributed by atoms with van der Waals surface area (Å²) >= 11 is 1.50. The van der Waals surface area contributed by atoms with Crippen LogP contribution in [0.15, 0.2) is 24.3 Å². The molecule has 1 unspecified atom stereocenters. The summed E-state index contributed by atoms with van der Waals surface area (Å²) in [6, 6.07) is 8.72. The van der Waals surface area contributed by atoms with Crippen LogP contribution in [-0.2, 0) is 6.42 Å². The van der Waals surface area contributed by atoms with Crippen LogP contribution in [0.25, 0.3) is 0 Å². The quantitative estimate of drug-likeness (QED) is 0.898. The molecular weight excluding hydrogens is 242 g/mol. The normalized spacial score (nSPS) is 12.6. The first-order chi connectivity index (χ1) is 8.77. The molecule has 2 rings (SSSR count). The molecule has 1 N–H and O–H groups in total. The third-order valence-electron chi connectivity index (χ3n) is 3.09. The van der Waals surface area contributed by atoms with Crippen molar-refractivity contribution in [2.75, 3.05) is 6.54 Å². The summed E-state index contributed by atoms with van der Waals surface area (Å²) in [5.74, 6) is 0. The largest absolute Gasteiger partial charge is 0.306 e. The van der Waals surface area contributed by atoms with Crippen LogP contribution in [0.3, 0.4) is 0 Å². The van der Waals surface area contributed by atoms with Crippen LogP contribution in [0.5, 0.6) is 0 Å². The molecule has 1 aromatic heterocycles. The predicted molar refractivity (Wildman–Crippen MR) is 76.0 cm³/mol. The fourth-order valence-corrected chi connectivity index (χ4v) is 2.97. The zero-order valence-electron chi connectivity index (χ0n) is 11.1. The first-order valence-corrected chi connectivity index (χ1v) is 7.15. The van der Waals surface area contributed by atoms with Gasteiger partial charge in [-0.1, -0.05) is 42.6 Å². The van der Waals surface area contributed by atoms with Crippen molar-refractivity contribution in [3.8, 4) is 0 Å². The Morgan fingerprint density at radius 3 is 2.72 bits per heavy atom. The molecule has 0 aliphatic heterocycles. The average Bonchev–Trinajstić information content (AvgIpc) is 2.85. The fraction of sp³-hybridized carbons (Fsp3) is 0.429.